The molecule has 0 spiro atoms. The van der Waals surface area contributed by atoms with Gasteiger partial charge < -0.3 is 18.6 Å². The quantitative estimate of drug-likeness (QED) is 0.854. The first-order chi connectivity index (χ1) is 9.50. The lowest BCUT2D eigenvalue weighted by molar-refractivity contribution is 0.0663. The van der Waals surface area contributed by atoms with Gasteiger partial charge >= 0.3 is 13.6 Å². The lowest BCUT2D eigenvalue weighted by Gasteiger charge is -2.14. The maximum absolute atomic E-state index is 12.3. The van der Waals surface area contributed by atoms with Gasteiger partial charge in [-0.2, -0.15) is 0 Å². The smallest absolute Gasteiger partial charge is 0.371 e. The Labute approximate surface area is 115 Å². The number of furan rings is 1. The Hall–Kier alpha value is -1.88. The highest BCUT2D eigenvalue weighted by Crippen LogP contribution is 2.45. The minimum absolute atomic E-state index is 0.160. The van der Waals surface area contributed by atoms with Gasteiger partial charge in [-0.25, -0.2) is 4.79 Å². The van der Waals surface area contributed by atoms with Crippen LogP contribution in [0.3, 0.4) is 0 Å². The highest BCUT2D eigenvalue weighted by atomic mass is 31.2. The van der Waals surface area contributed by atoms with Crippen LogP contribution < -0.4 is 5.30 Å². The van der Waals surface area contributed by atoms with Crippen molar-refractivity contribution < 1.29 is 27.9 Å². The van der Waals surface area contributed by atoms with E-state index in [1.165, 1.54) is 26.4 Å². The van der Waals surface area contributed by atoms with Crippen molar-refractivity contribution in [2.24, 2.45) is 0 Å². The second kappa shape index (κ2) is 5.63. The molecular weight excluding hydrogens is 283 g/mol. The van der Waals surface area contributed by atoms with Crippen LogP contribution in [0, 0.1) is 0 Å². The number of benzene rings is 1. The summed E-state index contributed by atoms with van der Waals surface area (Å²) in [5.41, 5.74) is 0.587. The largest absolute Gasteiger partial charge is 0.475 e. The highest BCUT2D eigenvalue weighted by molar-refractivity contribution is 7.62. The van der Waals surface area contributed by atoms with Crippen LogP contribution in [0.2, 0.25) is 0 Å². The third-order valence-electron chi connectivity index (χ3n) is 2.74. The van der Waals surface area contributed by atoms with Crippen molar-refractivity contribution >= 4 is 18.9 Å². The van der Waals surface area contributed by atoms with Crippen LogP contribution in [0.25, 0.3) is 11.3 Å². The molecule has 0 aliphatic carbocycles. The summed E-state index contributed by atoms with van der Waals surface area (Å²) in [7, 11) is -0.755. The first kappa shape index (κ1) is 14.5. The van der Waals surface area contributed by atoms with Crippen molar-refractivity contribution in [3.05, 3.63) is 42.2 Å². The lowest BCUT2D eigenvalue weighted by Crippen LogP contribution is -2.07. The molecule has 1 aromatic carbocycles. The van der Waals surface area contributed by atoms with E-state index in [1.807, 2.05) is 0 Å². The molecule has 106 valence electrons. The van der Waals surface area contributed by atoms with E-state index < -0.39 is 13.6 Å². The molecule has 6 nitrogen and oxygen atoms in total. The fourth-order valence-corrected chi connectivity index (χ4v) is 2.86. The topological polar surface area (TPSA) is 86.0 Å². The summed E-state index contributed by atoms with van der Waals surface area (Å²) in [5.74, 6) is -0.943. The summed E-state index contributed by atoms with van der Waals surface area (Å²) in [6.45, 7) is 0. The van der Waals surface area contributed by atoms with Gasteiger partial charge in [0.15, 0.2) is 0 Å². The zero-order chi connectivity index (χ0) is 14.8. The molecular formula is C13H13O6P. The number of carbonyl (C=O) groups is 1. The average molecular weight is 296 g/mol. The van der Waals surface area contributed by atoms with Crippen molar-refractivity contribution in [2.45, 2.75) is 0 Å². The Morgan fingerprint density at radius 3 is 2.45 bits per heavy atom. The van der Waals surface area contributed by atoms with Gasteiger partial charge in [-0.1, -0.05) is 12.1 Å². The van der Waals surface area contributed by atoms with Crippen LogP contribution in [0.15, 0.2) is 40.8 Å². The molecule has 2 rings (SSSR count). The minimum Gasteiger partial charge on any atom is -0.475 e. The number of carboxylic acids is 1. The number of rotatable bonds is 5. The molecule has 0 saturated heterocycles. The maximum Gasteiger partial charge on any atom is 0.371 e. The Bertz CT molecular complexity index is 667. The monoisotopic (exact) mass is 296 g/mol. The molecule has 0 aliphatic heterocycles. The first-order valence-corrected chi connectivity index (χ1v) is 7.20. The van der Waals surface area contributed by atoms with Crippen molar-refractivity contribution in [1.29, 1.82) is 0 Å². The Balaban J connectivity index is 2.43. The van der Waals surface area contributed by atoms with Gasteiger partial charge in [-0.15, -0.1) is 0 Å². The highest BCUT2D eigenvalue weighted by Gasteiger charge is 2.25. The van der Waals surface area contributed by atoms with E-state index in [4.69, 9.17) is 18.6 Å². The van der Waals surface area contributed by atoms with Gasteiger partial charge in [0.1, 0.15) is 5.76 Å². The second-order valence-corrected chi connectivity index (χ2v) is 6.12. The molecule has 0 bridgehead atoms. The Morgan fingerprint density at radius 2 is 1.90 bits per heavy atom. The van der Waals surface area contributed by atoms with Gasteiger partial charge in [0.2, 0.25) is 5.76 Å². The molecule has 0 amide bonds. The van der Waals surface area contributed by atoms with Gasteiger partial charge in [0.25, 0.3) is 0 Å². The standard InChI is InChI=1S/C13H13O6P/c1-17-20(16,18-2)10-5-3-4-9(8-10)11-6-7-12(19-11)13(14)15/h3-8H,1-2H3,(H,14,15). The molecule has 7 heteroatoms. The Morgan fingerprint density at radius 1 is 1.20 bits per heavy atom. The lowest BCUT2D eigenvalue weighted by atomic mass is 10.2. The van der Waals surface area contributed by atoms with Gasteiger partial charge in [0, 0.05) is 19.8 Å². The molecule has 0 atom stereocenters. The summed E-state index contributed by atoms with van der Waals surface area (Å²) < 4.78 is 27.3. The zero-order valence-corrected chi connectivity index (χ0v) is 11.8. The van der Waals surface area contributed by atoms with Crippen LogP contribution >= 0.6 is 7.60 Å². The van der Waals surface area contributed by atoms with E-state index in [0.29, 0.717) is 16.6 Å². The third-order valence-corrected chi connectivity index (χ3v) is 4.62. The van der Waals surface area contributed by atoms with Crippen LogP contribution in [0.5, 0.6) is 0 Å². The summed E-state index contributed by atoms with van der Waals surface area (Å²) in [6, 6.07) is 9.46. The molecule has 2 aromatic rings. The maximum atomic E-state index is 12.3. The fourth-order valence-electron chi connectivity index (χ4n) is 1.72. The van der Waals surface area contributed by atoms with Gasteiger partial charge in [-0.3, -0.25) is 4.57 Å². The molecule has 1 aromatic heterocycles. The van der Waals surface area contributed by atoms with E-state index in [9.17, 15) is 9.36 Å². The van der Waals surface area contributed by atoms with Crippen molar-refractivity contribution in [3.63, 3.8) is 0 Å². The molecule has 1 heterocycles. The third kappa shape index (κ3) is 2.67. The normalized spacial score (nSPS) is 11.5. The molecule has 0 unspecified atom stereocenters. The van der Waals surface area contributed by atoms with Gasteiger partial charge in [-0.05, 0) is 24.3 Å². The minimum atomic E-state index is -3.35. The van der Waals surface area contributed by atoms with Crippen LogP contribution in [-0.2, 0) is 13.6 Å². The van der Waals surface area contributed by atoms with Crippen molar-refractivity contribution in [2.75, 3.05) is 14.2 Å². The molecule has 0 saturated carbocycles. The predicted octanol–water partition coefficient (Wildman–Crippen LogP) is 2.76. The van der Waals surface area contributed by atoms with Crippen molar-refractivity contribution in [3.8, 4) is 11.3 Å². The number of aromatic carboxylic acids is 1. The van der Waals surface area contributed by atoms with E-state index >= 15 is 0 Å². The SMILES string of the molecule is COP(=O)(OC)c1cccc(-c2ccc(C(=O)O)o2)c1. The summed E-state index contributed by atoms with van der Waals surface area (Å²) in [6.07, 6.45) is 0. The van der Waals surface area contributed by atoms with E-state index in [1.54, 1.807) is 24.3 Å². The summed E-state index contributed by atoms with van der Waals surface area (Å²) in [4.78, 5) is 10.8. The average Bonchev–Trinajstić information content (AvgIpc) is 2.96. The van der Waals surface area contributed by atoms with Gasteiger partial charge in [0.05, 0.1) is 5.30 Å². The molecule has 0 aliphatic rings. The van der Waals surface area contributed by atoms with E-state index in [0.717, 1.165) is 0 Å². The van der Waals surface area contributed by atoms with Crippen LogP contribution in [0.1, 0.15) is 10.6 Å². The van der Waals surface area contributed by atoms with Crippen LogP contribution in [-0.4, -0.2) is 25.3 Å². The predicted molar refractivity (Wildman–Crippen MR) is 72.4 cm³/mol. The summed E-state index contributed by atoms with van der Waals surface area (Å²) >= 11 is 0. The molecule has 0 radical (unpaired) electrons. The molecule has 1 N–H and O–H groups in total. The first-order valence-electron chi connectivity index (χ1n) is 5.66. The number of carboxylic acid groups (broad SMARTS) is 1. The van der Waals surface area contributed by atoms with Crippen LogP contribution in [0.4, 0.5) is 0 Å². The summed E-state index contributed by atoms with van der Waals surface area (Å²) in [5, 5.41) is 9.20. The fraction of sp³-hybridized carbons (Fsp3) is 0.154. The zero-order valence-electron chi connectivity index (χ0n) is 10.9. The number of hydrogen-bond donors (Lipinski definition) is 1. The molecule has 20 heavy (non-hydrogen) atoms. The second-order valence-electron chi connectivity index (χ2n) is 3.88. The van der Waals surface area contributed by atoms with E-state index in [2.05, 4.69) is 0 Å². The van der Waals surface area contributed by atoms with E-state index in [-0.39, 0.29) is 5.76 Å². The molecule has 0 fully saturated rings. The number of hydrogen-bond acceptors (Lipinski definition) is 5. The van der Waals surface area contributed by atoms with Crippen molar-refractivity contribution in [1.82, 2.24) is 0 Å². The Kier molecular flexibility index (Phi) is 4.09.